The van der Waals surface area contributed by atoms with Crippen LogP contribution in [0.2, 0.25) is 0 Å². The summed E-state index contributed by atoms with van der Waals surface area (Å²) in [6, 6.07) is 0. The topological polar surface area (TPSA) is 60.6 Å². The summed E-state index contributed by atoms with van der Waals surface area (Å²) in [5, 5.41) is 12.4. The molecule has 6 nitrogen and oxygen atoms in total. The first-order chi connectivity index (χ1) is 8.72. The second kappa shape index (κ2) is 6.01. The van der Waals surface area contributed by atoms with Gasteiger partial charge in [-0.2, -0.15) is 0 Å². The Hall–Kier alpha value is -1.34. The lowest BCUT2D eigenvalue weighted by atomic mass is 10.4. The maximum absolute atomic E-state index is 4.30. The lowest BCUT2D eigenvalue weighted by molar-refractivity contribution is 0.682. The van der Waals surface area contributed by atoms with Gasteiger partial charge in [0.2, 0.25) is 0 Å². The lowest BCUT2D eigenvalue weighted by Gasteiger charge is -2.03. The second-order valence-corrected chi connectivity index (χ2v) is 5.10. The van der Waals surface area contributed by atoms with Crippen molar-refractivity contribution in [2.24, 2.45) is 14.1 Å². The molecule has 0 spiro atoms. The molecule has 0 saturated carbocycles. The van der Waals surface area contributed by atoms with E-state index < -0.39 is 0 Å². The van der Waals surface area contributed by atoms with Crippen molar-refractivity contribution in [3.05, 3.63) is 24.0 Å². The zero-order chi connectivity index (χ0) is 13.0. The van der Waals surface area contributed by atoms with Crippen LogP contribution in [0.15, 0.2) is 17.6 Å². The minimum atomic E-state index is 0.740. The summed E-state index contributed by atoms with van der Waals surface area (Å²) in [7, 11) is 5.92. The Bertz CT molecular complexity index is 503. The molecule has 1 N–H and O–H groups in total. The molecular weight excluding hydrogens is 248 g/mol. The number of aryl methyl sites for hydroxylation is 2. The largest absolute Gasteiger partial charge is 0.338 e. The molecule has 2 aromatic heterocycles. The van der Waals surface area contributed by atoms with Crippen LogP contribution in [0.25, 0.3) is 0 Å². The van der Waals surface area contributed by atoms with E-state index in [9.17, 15) is 0 Å². The van der Waals surface area contributed by atoms with E-state index in [0.29, 0.717) is 0 Å². The Balaban J connectivity index is 1.89. The first-order valence-electron chi connectivity index (χ1n) is 5.84. The molecule has 0 saturated heterocycles. The first kappa shape index (κ1) is 13.1. The smallest absolute Gasteiger partial charge is 0.190 e. The maximum Gasteiger partial charge on any atom is 0.190 e. The van der Waals surface area contributed by atoms with Gasteiger partial charge in [-0.25, -0.2) is 4.98 Å². The Morgan fingerprint density at radius 1 is 1.28 bits per heavy atom. The molecule has 0 atom stereocenters. The fourth-order valence-corrected chi connectivity index (χ4v) is 2.52. The van der Waals surface area contributed by atoms with Gasteiger partial charge in [-0.15, -0.1) is 10.2 Å². The number of aromatic nitrogens is 5. The summed E-state index contributed by atoms with van der Waals surface area (Å²) >= 11 is 1.71. The molecule has 0 aliphatic heterocycles. The molecule has 2 aromatic rings. The summed E-state index contributed by atoms with van der Waals surface area (Å²) in [6.45, 7) is 0.740. The van der Waals surface area contributed by atoms with Gasteiger partial charge in [0, 0.05) is 38.7 Å². The number of rotatable bonds is 6. The Morgan fingerprint density at radius 3 is 2.78 bits per heavy atom. The van der Waals surface area contributed by atoms with Gasteiger partial charge >= 0.3 is 0 Å². The van der Waals surface area contributed by atoms with Crippen molar-refractivity contribution in [2.75, 3.05) is 12.8 Å². The first-order valence-corrected chi connectivity index (χ1v) is 6.82. The van der Waals surface area contributed by atoms with Crippen molar-refractivity contribution < 1.29 is 0 Å². The van der Waals surface area contributed by atoms with Gasteiger partial charge in [0.1, 0.15) is 11.6 Å². The molecule has 0 aliphatic rings. The lowest BCUT2D eigenvalue weighted by Crippen LogP contribution is -2.10. The number of nitrogens with one attached hydrogen (secondary N) is 1. The van der Waals surface area contributed by atoms with Gasteiger partial charge in [-0.1, -0.05) is 11.8 Å². The Labute approximate surface area is 111 Å². The molecule has 0 radical (unpaired) electrons. The highest BCUT2D eigenvalue weighted by Crippen LogP contribution is 2.16. The SMILES string of the molecule is CNCc1nnc(SCCc2nccn2C)n1C. The summed E-state index contributed by atoms with van der Waals surface area (Å²) < 4.78 is 4.07. The fourth-order valence-electron chi connectivity index (χ4n) is 1.65. The third kappa shape index (κ3) is 2.91. The van der Waals surface area contributed by atoms with Gasteiger partial charge < -0.3 is 14.5 Å². The molecule has 18 heavy (non-hydrogen) atoms. The highest BCUT2D eigenvalue weighted by molar-refractivity contribution is 7.99. The maximum atomic E-state index is 4.30. The predicted octanol–water partition coefficient (Wildman–Crippen LogP) is 0.603. The van der Waals surface area contributed by atoms with E-state index in [1.807, 2.05) is 42.7 Å². The molecule has 98 valence electrons. The second-order valence-electron chi connectivity index (χ2n) is 4.04. The van der Waals surface area contributed by atoms with Crippen LogP contribution in [0.1, 0.15) is 11.6 Å². The Kier molecular flexibility index (Phi) is 4.38. The van der Waals surface area contributed by atoms with Crippen LogP contribution in [-0.2, 0) is 27.1 Å². The molecule has 0 bridgehead atoms. The van der Waals surface area contributed by atoms with Crippen LogP contribution >= 0.6 is 11.8 Å². The zero-order valence-corrected chi connectivity index (χ0v) is 11.7. The average molecular weight is 266 g/mol. The van der Waals surface area contributed by atoms with E-state index in [0.717, 1.165) is 35.5 Å². The molecule has 2 heterocycles. The number of imidazole rings is 1. The van der Waals surface area contributed by atoms with Gasteiger partial charge in [0.25, 0.3) is 0 Å². The number of thioether (sulfide) groups is 1. The van der Waals surface area contributed by atoms with Crippen LogP contribution in [0, 0.1) is 0 Å². The van der Waals surface area contributed by atoms with Gasteiger partial charge in [-0.3, -0.25) is 0 Å². The molecule has 0 fully saturated rings. The zero-order valence-electron chi connectivity index (χ0n) is 10.9. The van der Waals surface area contributed by atoms with E-state index in [1.165, 1.54) is 0 Å². The third-order valence-corrected chi connectivity index (χ3v) is 3.76. The van der Waals surface area contributed by atoms with Crippen LogP contribution in [0.5, 0.6) is 0 Å². The van der Waals surface area contributed by atoms with E-state index >= 15 is 0 Å². The minimum absolute atomic E-state index is 0.740. The molecule has 0 aliphatic carbocycles. The predicted molar refractivity (Wildman–Crippen MR) is 71.4 cm³/mol. The number of nitrogens with zero attached hydrogens (tertiary/aromatic N) is 5. The normalized spacial score (nSPS) is 11.1. The van der Waals surface area contributed by atoms with E-state index in [-0.39, 0.29) is 0 Å². The average Bonchev–Trinajstić information content (AvgIpc) is 2.90. The van der Waals surface area contributed by atoms with Crippen LogP contribution in [0.3, 0.4) is 0 Å². The van der Waals surface area contributed by atoms with Crippen molar-refractivity contribution in [3.8, 4) is 0 Å². The van der Waals surface area contributed by atoms with Gasteiger partial charge in [0.15, 0.2) is 5.16 Å². The number of hydrogen-bond donors (Lipinski definition) is 1. The summed E-state index contributed by atoms with van der Waals surface area (Å²) in [5.74, 6) is 3.01. The molecular formula is C11H18N6S. The fraction of sp³-hybridized carbons (Fsp3) is 0.545. The Morgan fingerprint density at radius 2 is 2.11 bits per heavy atom. The van der Waals surface area contributed by atoms with Crippen molar-refractivity contribution in [1.29, 1.82) is 0 Å². The van der Waals surface area contributed by atoms with Crippen LogP contribution in [-0.4, -0.2) is 37.1 Å². The molecule has 0 amide bonds. The highest BCUT2D eigenvalue weighted by atomic mass is 32.2. The quantitative estimate of drug-likeness (QED) is 0.776. The third-order valence-electron chi connectivity index (χ3n) is 2.74. The van der Waals surface area contributed by atoms with Gasteiger partial charge in [-0.05, 0) is 7.05 Å². The summed E-state index contributed by atoms with van der Waals surface area (Å²) in [4.78, 5) is 4.30. The number of hydrogen-bond acceptors (Lipinski definition) is 5. The van der Waals surface area contributed by atoms with E-state index in [1.54, 1.807) is 11.8 Å². The van der Waals surface area contributed by atoms with E-state index in [2.05, 4.69) is 20.5 Å². The molecule has 2 rings (SSSR count). The van der Waals surface area contributed by atoms with Crippen molar-refractivity contribution in [3.63, 3.8) is 0 Å². The van der Waals surface area contributed by atoms with E-state index in [4.69, 9.17) is 0 Å². The van der Waals surface area contributed by atoms with Crippen LogP contribution in [0.4, 0.5) is 0 Å². The standard InChI is InChI=1S/C11H18N6S/c1-12-8-10-14-15-11(17(10)3)18-7-4-9-13-5-6-16(9)2/h5-6,12H,4,7-8H2,1-3H3. The summed E-state index contributed by atoms with van der Waals surface area (Å²) in [5.41, 5.74) is 0. The van der Waals surface area contributed by atoms with Gasteiger partial charge in [0.05, 0.1) is 6.54 Å². The monoisotopic (exact) mass is 266 g/mol. The van der Waals surface area contributed by atoms with Crippen molar-refractivity contribution in [1.82, 2.24) is 29.6 Å². The summed E-state index contributed by atoms with van der Waals surface area (Å²) in [6.07, 6.45) is 4.73. The molecule has 0 unspecified atom stereocenters. The molecule has 7 heteroatoms. The highest BCUT2D eigenvalue weighted by Gasteiger charge is 2.08. The van der Waals surface area contributed by atoms with Crippen molar-refractivity contribution in [2.45, 2.75) is 18.1 Å². The van der Waals surface area contributed by atoms with Crippen LogP contribution < -0.4 is 5.32 Å². The van der Waals surface area contributed by atoms with Crippen molar-refractivity contribution >= 4 is 11.8 Å². The minimum Gasteiger partial charge on any atom is -0.338 e. The molecule has 0 aromatic carbocycles.